The van der Waals surface area contributed by atoms with Crippen molar-refractivity contribution in [1.29, 1.82) is 0 Å². The second-order valence-electron chi connectivity index (χ2n) is 12.7. The molecule has 4 aliphatic rings. The van der Waals surface area contributed by atoms with E-state index in [4.69, 9.17) is 15.2 Å². The van der Waals surface area contributed by atoms with Gasteiger partial charge in [-0.2, -0.15) is 0 Å². The van der Waals surface area contributed by atoms with Gasteiger partial charge in [-0.15, -0.1) is 0 Å². The lowest BCUT2D eigenvalue weighted by atomic mass is 9.44. The van der Waals surface area contributed by atoms with Crippen molar-refractivity contribution < 1.29 is 23.9 Å². The van der Waals surface area contributed by atoms with Crippen LogP contribution in [0.4, 0.5) is 0 Å². The van der Waals surface area contributed by atoms with E-state index in [1.165, 1.54) is 32.1 Å². The van der Waals surface area contributed by atoms with Crippen molar-refractivity contribution in [3.05, 3.63) is 0 Å². The van der Waals surface area contributed by atoms with Crippen LogP contribution in [0.3, 0.4) is 0 Å². The van der Waals surface area contributed by atoms with Crippen molar-refractivity contribution >= 4 is 17.8 Å². The highest BCUT2D eigenvalue weighted by molar-refractivity contribution is 5.73. The summed E-state index contributed by atoms with van der Waals surface area (Å²) in [6.07, 6.45) is 14.7. The van der Waals surface area contributed by atoms with E-state index in [-0.39, 0.29) is 40.9 Å². The molecule has 4 rings (SSSR count). The number of carbonyl (C=O) groups excluding carboxylic acids is 3. The van der Waals surface area contributed by atoms with Crippen molar-refractivity contribution in [1.82, 2.24) is 0 Å². The normalized spacial score (nSPS) is 40.2. The average molecular weight is 490 g/mol. The van der Waals surface area contributed by atoms with E-state index in [9.17, 15) is 14.4 Å². The van der Waals surface area contributed by atoms with Gasteiger partial charge in [-0.25, -0.2) is 0 Å². The summed E-state index contributed by atoms with van der Waals surface area (Å²) in [5, 5.41) is 0. The number of nitrogens with two attached hydrogens (primary N) is 1. The van der Waals surface area contributed by atoms with Gasteiger partial charge in [0, 0.05) is 25.2 Å². The number of amides is 1. The maximum absolute atomic E-state index is 12.5. The fourth-order valence-corrected chi connectivity index (χ4v) is 8.80. The summed E-state index contributed by atoms with van der Waals surface area (Å²) in [7, 11) is 0. The van der Waals surface area contributed by atoms with Gasteiger partial charge in [0.25, 0.3) is 0 Å². The van der Waals surface area contributed by atoms with E-state index in [0.717, 1.165) is 57.3 Å². The molecule has 4 fully saturated rings. The summed E-state index contributed by atoms with van der Waals surface area (Å²) in [6, 6.07) is 0. The lowest BCUT2D eigenvalue weighted by molar-refractivity contribution is -0.189. The van der Waals surface area contributed by atoms with Gasteiger partial charge in [0.05, 0.1) is 0 Å². The molecule has 0 saturated heterocycles. The average Bonchev–Trinajstić information content (AvgIpc) is 3.19. The Morgan fingerprint density at radius 2 is 1.57 bits per heavy atom. The molecule has 0 radical (unpaired) electrons. The van der Waals surface area contributed by atoms with Crippen molar-refractivity contribution in [3.8, 4) is 0 Å². The number of hydrogen-bond acceptors (Lipinski definition) is 5. The van der Waals surface area contributed by atoms with Crippen LogP contribution in [0, 0.1) is 34.5 Å². The van der Waals surface area contributed by atoms with Gasteiger partial charge in [0.15, 0.2) is 0 Å². The molecule has 0 bridgehead atoms. The highest BCUT2D eigenvalue weighted by atomic mass is 16.5. The molecule has 6 heteroatoms. The third-order valence-electron chi connectivity index (χ3n) is 10.7. The highest BCUT2D eigenvalue weighted by Gasteiger charge is 2.62. The van der Waals surface area contributed by atoms with Crippen molar-refractivity contribution in [2.24, 2.45) is 40.2 Å². The van der Waals surface area contributed by atoms with Gasteiger partial charge < -0.3 is 15.2 Å². The topological polar surface area (TPSA) is 95.7 Å². The largest absolute Gasteiger partial charge is 0.462 e. The fourth-order valence-electron chi connectivity index (χ4n) is 8.80. The van der Waals surface area contributed by atoms with Crippen molar-refractivity contribution in [2.75, 3.05) is 0 Å². The zero-order valence-electron chi connectivity index (χ0n) is 22.2. The third kappa shape index (κ3) is 5.56. The number of rotatable bonds is 9. The van der Waals surface area contributed by atoms with Crippen LogP contribution in [0.15, 0.2) is 0 Å². The van der Waals surface area contributed by atoms with Crippen LogP contribution >= 0.6 is 0 Å². The van der Waals surface area contributed by atoms with Crippen LogP contribution in [0.1, 0.15) is 117 Å². The zero-order valence-corrected chi connectivity index (χ0v) is 22.2. The molecule has 2 N–H and O–H groups in total. The van der Waals surface area contributed by atoms with Crippen LogP contribution in [0.25, 0.3) is 0 Å². The molecule has 0 spiro atoms. The minimum absolute atomic E-state index is 0.0385. The maximum atomic E-state index is 12.5. The Morgan fingerprint density at radius 3 is 2.29 bits per heavy atom. The van der Waals surface area contributed by atoms with E-state index in [0.29, 0.717) is 30.6 Å². The molecule has 6 nitrogen and oxygen atoms in total. The zero-order chi connectivity index (χ0) is 25.2. The molecule has 4 saturated carbocycles. The van der Waals surface area contributed by atoms with E-state index >= 15 is 0 Å². The van der Waals surface area contributed by atoms with Gasteiger partial charge in [-0.05, 0) is 93.3 Å². The lowest BCUT2D eigenvalue weighted by Crippen LogP contribution is -2.58. The van der Waals surface area contributed by atoms with Crippen LogP contribution in [-0.2, 0) is 23.9 Å². The molecule has 0 aromatic heterocycles. The summed E-state index contributed by atoms with van der Waals surface area (Å²) >= 11 is 0. The van der Waals surface area contributed by atoms with E-state index in [1.54, 1.807) is 6.92 Å². The number of unbranched alkanes of at least 4 members (excludes halogenated alkanes) is 3. The summed E-state index contributed by atoms with van der Waals surface area (Å²) < 4.78 is 11.9. The first kappa shape index (κ1) is 26.5. The standard InChI is InChI=1S/C29H47NO5/c1-19(31)34-25-18-24-22(23-9-8-15-29(23,25)3)13-12-20-17-21(14-16-28(20,24)2)35-27(33)11-7-5-4-6-10-26(30)32/h20-25H,4-18H2,1-3H3,(H2,30,32)/t20-,21?,22+,23?,24+,25-,28+,29-/m1/s1. The number of primary amides is 1. The predicted molar refractivity (Wildman–Crippen MR) is 134 cm³/mol. The first-order chi connectivity index (χ1) is 16.6. The van der Waals surface area contributed by atoms with E-state index in [1.807, 2.05) is 0 Å². The number of carbonyl (C=O) groups is 3. The number of fused-ring (bicyclic) bond motifs is 5. The van der Waals surface area contributed by atoms with Gasteiger partial charge in [0.2, 0.25) is 5.91 Å². The molecule has 2 unspecified atom stereocenters. The molecule has 198 valence electrons. The first-order valence-electron chi connectivity index (χ1n) is 14.3. The van der Waals surface area contributed by atoms with Gasteiger partial charge >= 0.3 is 11.9 Å². The molecule has 1 amide bonds. The lowest BCUT2D eigenvalue weighted by Gasteiger charge is -2.61. The molecule has 0 aromatic carbocycles. The SMILES string of the molecule is CC(=O)O[C@@H]1C[C@H]2[C@@H](CC[C@@H]3CC(OC(=O)CCCCCCC(N)=O)CC[C@@]32C)C2CCC[C@]21C. The van der Waals surface area contributed by atoms with Crippen molar-refractivity contribution in [2.45, 2.75) is 129 Å². The Morgan fingerprint density at radius 1 is 0.829 bits per heavy atom. The summed E-state index contributed by atoms with van der Waals surface area (Å²) in [6.45, 7) is 6.43. The summed E-state index contributed by atoms with van der Waals surface area (Å²) in [5.41, 5.74) is 5.56. The summed E-state index contributed by atoms with van der Waals surface area (Å²) in [5.74, 6) is 2.12. The smallest absolute Gasteiger partial charge is 0.306 e. The minimum atomic E-state index is -0.255. The Balaban J connectivity index is 1.32. The molecule has 0 aliphatic heterocycles. The first-order valence-corrected chi connectivity index (χ1v) is 14.3. The summed E-state index contributed by atoms with van der Waals surface area (Å²) in [4.78, 5) is 35.3. The Labute approximate surface area is 211 Å². The third-order valence-corrected chi connectivity index (χ3v) is 10.7. The second-order valence-corrected chi connectivity index (χ2v) is 12.7. The fraction of sp³-hybridized carbons (Fsp3) is 0.897. The molecule has 4 aliphatic carbocycles. The molecule has 0 aromatic rings. The monoisotopic (exact) mass is 489 g/mol. The molecule has 0 heterocycles. The minimum Gasteiger partial charge on any atom is -0.462 e. The van der Waals surface area contributed by atoms with Crippen LogP contribution < -0.4 is 5.73 Å². The highest BCUT2D eigenvalue weighted by Crippen LogP contribution is 2.66. The van der Waals surface area contributed by atoms with E-state index < -0.39 is 0 Å². The maximum Gasteiger partial charge on any atom is 0.306 e. The van der Waals surface area contributed by atoms with Crippen LogP contribution in [-0.4, -0.2) is 30.1 Å². The molecular weight excluding hydrogens is 442 g/mol. The van der Waals surface area contributed by atoms with Gasteiger partial charge in [-0.1, -0.05) is 33.1 Å². The van der Waals surface area contributed by atoms with Crippen molar-refractivity contribution in [3.63, 3.8) is 0 Å². The second kappa shape index (κ2) is 10.8. The predicted octanol–water partition coefficient (Wildman–Crippen LogP) is 5.70. The Bertz CT molecular complexity index is 798. The number of esters is 2. The molecule has 35 heavy (non-hydrogen) atoms. The number of hydrogen-bond donors (Lipinski definition) is 1. The van der Waals surface area contributed by atoms with Gasteiger partial charge in [0.1, 0.15) is 12.2 Å². The van der Waals surface area contributed by atoms with Crippen LogP contribution in [0.2, 0.25) is 0 Å². The Kier molecular flexibility index (Phi) is 8.17. The van der Waals surface area contributed by atoms with E-state index in [2.05, 4.69) is 13.8 Å². The van der Waals surface area contributed by atoms with Gasteiger partial charge in [-0.3, -0.25) is 14.4 Å². The molecule has 8 atom stereocenters. The Hall–Kier alpha value is -1.59. The quantitative estimate of drug-likeness (QED) is 0.331. The van der Waals surface area contributed by atoms with Crippen LogP contribution in [0.5, 0.6) is 0 Å². The number of ether oxygens (including phenoxy) is 2. The molecular formula is C29H47NO5.